The average Bonchev–Trinajstić information content (AvgIpc) is 2.21. The lowest BCUT2D eigenvalue weighted by molar-refractivity contribution is -0.151. The molecule has 2 aliphatic heterocycles. The van der Waals surface area contributed by atoms with Crippen LogP contribution in [0.1, 0.15) is 34.1 Å². The zero-order valence-corrected chi connectivity index (χ0v) is 12.2. The van der Waals surface area contributed by atoms with Crippen LogP contribution in [0.5, 0.6) is 0 Å². The van der Waals surface area contributed by atoms with E-state index < -0.39 is 0 Å². The summed E-state index contributed by atoms with van der Waals surface area (Å²) in [5, 5.41) is 0. The summed E-state index contributed by atoms with van der Waals surface area (Å²) in [6.45, 7) is 12.6. The zero-order valence-electron chi connectivity index (χ0n) is 12.2. The van der Waals surface area contributed by atoms with Gasteiger partial charge in [0.25, 0.3) is 0 Å². The van der Waals surface area contributed by atoms with E-state index in [2.05, 4.69) is 27.7 Å². The molecule has 0 aromatic heterocycles. The van der Waals surface area contributed by atoms with Crippen LogP contribution >= 0.6 is 0 Å². The van der Waals surface area contributed by atoms with Crippen LogP contribution in [0, 0.1) is 5.92 Å². The molecular formula is C14H28O4. The first-order valence-electron chi connectivity index (χ1n) is 7.04. The van der Waals surface area contributed by atoms with Gasteiger partial charge in [-0.2, -0.15) is 0 Å². The Labute approximate surface area is 111 Å². The van der Waals surface area contributed by atoms with Crippen LogP contribution in [-0.2, 0) is 18.9 Å². The van der Waals surface area contributed by atoms with Crippen LogP contribution in [-0.4, -0.2) is 51.3 Å². The molecule has 4 nitrogen and oxygen atoms in total. The summed E-state index contributed by atoms with van der Waals surface area (Å²) in [4.78, 5) is 0. The van der Waals surface area contributed by atoms with Crippen molar-refractivity contribution in [3.05, 3.63) is 0 Å². The second-order valence-electron chi connectivity index (χ2n) is 5.40. The highest BCUT2D eigenvalue weighted by atomic mass is 16.6. The van der Waals surface area contributed by atoms with Crippen LogP contribution in [0.3, 0.4) is 0 Å². The van der Waals surface area contributed by atoms with Gasteiger partial charge in [-0.25, -0.2) is 0 Å². The van der Waals surface area contributed by atoms with Crippen molar-refractivity contribution in [2.45, 2.75) is 52.4 Å². The Morgan fingerprint density at radius 2 is 1.56 bits per heavy atom. The van der Waals surface area contributed by atoms with Gasteiger partial charge in [0.1, 0.15) is 12.2 Å². The van der Waals surface area contributed by atoms with E-state index in [1.54, 1.807) is 0 Å². The predicted molar refractivity (Wildman–Crippen MR) is 70.8 cm³/mol. The smallest absolute Gasteiger partial charge is 0.104 e. The van der Waals surface area contributed by atoms with Gasteiger partial charge in [-0.3, -0.25) is 0 Å². The van der Waals surface area contributed by atoms with Crippen molar-refractivity contribution < 1.29 is 18.9 Å². The van der Waals surface area contributed by atoms with Crippen molar-refractivity contribution in [1.29, 1.82) is 0 Å². The van der Waals surface area contributed by atoms with Crippen molar-refractivity contribution in [2.24, 2.45) is 5.92 Å². The minimum Gasteiger partial charge on any atom is -0.376 e. The predicted octanol–water partition coefficient (Wildman–Crippen LogP) is 2.26. The van der Waals surface area contributed by atoms with Gasteiger partial charge >= 0.3 is 0 Å². The fourth-order valence-electron chi connectivity index (χ4n) is 1.36. The molecule has 0 amide bonds. The monoisotopic (exact) mass is 260 g/mol. The molecule has 2 heterocycles. The minimum absolute atomic E-state index is 0.389. The van der Waals surface area contributed by atoms with Gasteiger partial charge in [-0.1, -0.05) is 20.8 Å². The van der Waals surface area contributed by atoms with Crippen LogP contribution in [0.2, 0.25) is 0 Å². The molecule has 0 N–H and O–H groups in total. The van der Waals surface area contributed by atoms with E-state index in [0.29, 0.717) is 24.2 Å². The first kappa shape index (κ1) is 15.9. The van der Waals surface area contributed by atoms with E-state index >= 15 is 0 Å². The molecule has 1 atom stereocenters. The Balaban J connectivity index is 0.000000180. The van der Waals surface area contributed by atoms with E-state index in [1.165, 1.54) is 0 Å². The Morgan fingerprint density at radius 3 is 1.89 bits per heavy atom. The van der Waals surface area contributed by atoms with Gasteiger partial charge in [0.15, 0.2) is 0 Å². The molecule has 4 heteroatoms. The van der Waals surface area contributed by atoms with Crippen LogP contribution < -0.4 is 0 Å². The van der Waals surface area contributed by atoms with E-state index in [1.807, 2.05) is 0 Å². The molecule has 18 heavy (non-hydrogen) atoms. The maximum absolute atomic E-state index is 5.51. The van der Waals surface area contributed by atoms with Gasteiger partial charge in [-0.05, 0) is 19.3 Å². The lowest BCUT2D eigenvalue weighted by atomic mass is 10.2. The molecule has 0 radical (unpaired) electrons. The average molecular weight is 260 g/mol. The first-order valence-corrected chi connectivity index (χ1v) is 7.04. The van der Waals surface area contributed by atoms with Crippen molar-refractivity contribution in [2.75, 3.05) is 33.0 Å². The number of hydrogen-bond acceptors (Lipinski definition) is 4. The Kier molecular flexibility index (Phi) is 7.82. The van der Waals surface area contributed by atoms with Gasteiger partial charge in [0.2, 0.25) is 0 Å². The molecule has 2 fully saturated rings. The highest BCUT2D eigenvalue weighted by molar-refractivity contribution is 4.65. The van der Waals surface area contributed by atoms with Crippen LogP contribution in [0.15, 0.2) is 0 Å². The fourth-order valence-corrected chi connectivity index (χ4v) is 1.36. The molecule has 2 saturated heterocycles. The fraction of sp³-hybridized carbons (Fsp3) is 1.00. The van der Waals surface area contributed by atoms with Crippen LogP contribution in [0.25, 0.3) is 0 Å². The molecule has 108 valence electrons. The summed E-state index contributed by atoms with van der Waals surface area (Å²) in [6, 6.07) is 0. The molecule has 0 aliphatic carbocycles. The summed E-state index contributed by atoms with van der Waals surface area (Å²) in [5.74, 6) is 0.644. The van der Waals surface area contributed by atoms with Crippen molar-refractivity contribution in [1.82, 2.24) is 0 Å². The second-order valence-corrected chi connectivity index (χ2v) is 5.40. The Hall–Kier alpha value is -0.160. The van der Waals surface area contributed by atoms with Gasteiger partial charge in [0.05, 0.1) is 32.5 Å². The molecule has 0 aromatic rings. The maximum atomic E-state index is 5.51. The molecule has 0 bridgehead atoms. The zero-order chi connectivity index (χ0) is 13.4. The number of ether oxygens (including phenoxy) is 4. The minimum atomic E-state index is 0.389. The lowest BCUT2D eigenvalue weighted by Gasteiger charge is -2.28. The van der Waals surface area contributed by atoms with Crippen molar-refractivity contribution in [3.8, 4) is 0 Å². The van der Waals surface area contributed by atoms with Crippen molar-refractivity contribution in [3.63, 3.8) is 0 Å². The van der Waals surface area contributed by atoms with Crippen molar-refractivity contribution >= 4 is 0 Å². The SMILES string of the molecule is CC(C)COC1COC1.CCC(C)OC1COC1. The molecule has 0 aromatic carbocycles. The van der Waals surface area contributed by atoms with E-state index in [0.717, 1.165) is 39.5 Å². The highest BCUT2D eigenvalue weighted by Gasteiger charge is 2.20. The third-order valence-corrected chi connectivity index (χ3v) is 2.88. The molecule has 2 rings (SSSR count). The summed E-state index contributed by atoms with van der Waals surface area (Å²) < 4.78 is 20.8. The molecule has 0 saturated carbocycles. The normalized spacial score (nSPS) is 21.8. The van der Waals surface area contributed by atoms with Gasteiger partial charge in [-0.15, -0.1) is 0 Å². The number of rotatable bonds is 6. The third-order valence-electron chi connectivity index (χ3n) is 2.88. The highest BCUT2D eigenvalue weighted by Crippen LogP contribution is 2.09. The van der Waals surface area contributed by atoms with E-state index in [4.69, 9.17) is 18.9 Å². The number of hydrogen-bond donors (Lipinski definition) is 0. The quantitative estimate of drug-likeness (QED) is 0.734. The van der Waals surface area contributed by atoms with Crippen LogP contribution in [0.4, 0.5) is 0 Å². The molecule has 0 spiro atoms. The Morgan fingerprint density at radius 1 is 1.00 bits per heavy atom. The van der Waals surface area contributed by atoms with Gasteiger partial charge < -0.3 is 18.9 Å². The topological polar surface area (TPSA) is 36.9 Å². The molecule has 1 unspecified atom stereocenters. The summed E-state index contributed by atoms with van der Waals surface area (Å²) >= 11 is 0. The molecular weight excluding hydrogens is 232 g/mol. The lowest BCUT2D eigenvalue weighted by Crippen LogP contribution is -2.38. The molecule has 2 aliphatic rings. The van der Waals surface area contributed by atoms with Gasteiger partial charge in [0, 0.05) is 6.61 Å². The summed E-state index contributed by atoms with van der Waals surface area (Å²) in [6.07, 6.45) is 2.28. The first-order chi connectivity index (χ1) is 8.61. The maximum Gasteiger partial charge on any atom is 0.104 e. The second kappa shape index (κ2) is 8.86. The largest absolute Gasteiger partial charge is 0.376 e. The van der Waals surface area contributed by atoms with E-state index in [-0.39, 0.29) is 0 Å². The Bertz CT molecular complexity index is 197. The summed E-state index contributed by atoms with van der Waals surface area (Å²) in [7, 11) is 0. The third kappa shape index (κ3) is 6.69. The summed E-state index contributed by atoms with van der Waals surface area (Å²) in [5.41, 5.74) is 0. The van der Waals surface area contributed by atoms with E-state index in [9.17, 15) is 0 Å². The standard InChI is InChI=1S/2C7H14O2/c1-6(2)3-9-7-4-8-5-7;1-3-6(2)9-7-4-8-5-7/h2*6-7H,3-5H2,1-2H3.